The molecule has 0 aliphatic carbocycles. The highest BCUT2D eigenvalue weighted by Gasteiger charge is 2.10. The Labute approximate surface area is 104 Å². The van der Waals surface area contributed by atoms with Crippen LogP contribution in [0.25, 0.3) is 5.65 Å². The van der Waals surface area contributed by atoms with Crippen LogP contribution in [-0.2, 0) is 0 Å². The predicted octanol–water partition coefficient (Wildman–Crippen LogP) is 2.25. The van der Waals surface area contributed by atoms with Crippen LogP contribution in [0, 0.1) is 0 Å². The molecule has 2 rings (SSSR count). The monoisotopic (exact) mass is 249 g/mol. The van der Waals surface area contributed by atoms with Gasteiger partial charge in [0.05, 0.1) is 11.2 Å². The van der Waals surface area contributed by atoms with Crippen LogP contribution in [0.2, 0.25) is 5.02 Å². The van der Waals surface area contributed by atoms with E-state index in [0.717, 1.165) is 0 Å². The van der Waals surface area contributed by atoms with E-state index >= 15 is 0 Å². The molecule has 0 amide bonds. The molecule has 0 aromatic carbocycles. The third-order valence-electron chi connectivity index (χ3n) is 2.26. The predicted molar refractivity (Wildman–Crippen MR) is 67.4 cm³/mol. The molecule has 17 heavy (non-hydrogen) atoms. The first-order valence-electron chi connectivity index (χ1n) is 5.10. The van der Waals surface area contributed by atoms with Gasteiger partial charge in [-0.25, -0.2) is 4.98 Å². The van der Waals surface area contributed by atoms with Gasteiger partial charge in [0.1, 0.15) is 5.69 Å². The van der Waals surface area contributed by atoms with Gasteiger partial charge in [0, 0.05) is 32.6 Å². The molecule has 5 heteroatoms. The van der Waals surface area contributed by atoms with Gasteiger partial charge in [-0.1, -0.05) is 11.6 Å². The van der Waals surface area contributed by atoms with Crippen LogP contribution in [-0.4, -0.2) is 34.2 Å². The number of hydrogen-bond acceptors (Lipinski definition) is 3. The lowest BCUT2D eigenvalue weighted by Gasteiger charge is -2.02. The summed E-state index contributed by atoms with van der Waals surface area (Å²) in [7, 11) is 3.71. The SMILES string of the molecule is CN(C)/C=C/C(=O)c1cnc2c(Cl)cccn12. The average molecular weight is 250 g/mol. The zero-order valence-electron chi connectivity index (χ0n) is 9.59. The highest BCUT2D eigenvalue weighted by Crippen LogP contribution is 2.17. The first kappa shape index (κ1) is 11.7. The van der Waals surface area contributed by atoms with E-state index in [9.17, 15) is 4.79 Å². The molecule has 0 fully saturated rings. The number of hydrogen-bond donors (Lipinski definition) is 0. The average Bonchev–Trinajstić information content (AvgIpc) is 2.71. The van der Waals surface area contributed by atoms with Crippen molar-refractivity contribution in [3.05, 3.63) is 47.5 Å². The van der Waals surface area contributed by atoms with Crippen LogP contribution in [0.1, 0.15) is 10.5 Å². The van der Waals surface area contributed by atoms with E-state index < -0.39 is 0 Å². The summed E-state index contributed by atoms with van der Waals surface area (Å²) in [5.41, 5.74) is 1.09. The summed E-state index contributed by atoms with van der Waals surface area (Å²) < 4.78 is 1.69. The molecule has 0 aliphatic heterocycles. The van der Waals surface area contributed by atoms with Gasteiger partial charge >= 0.3 is 0 Å². The Morgan fingerprint density at radius 1 is 1.53 bits per heavy atom. The van der Waals surface area contributed by atoms with Crippen LogP contribution in [0.3, 0.4) is 0 Å². The summed E-state index contributed by atoms with van der Waals surface area (Å²) in [6.45, 7) is 0. The number of pyridine rings is 1. The zero-order chi connectivity index (χ0) is 12.4. The summed E-state index contributed by atoms with van der Waals surface area (Å²) in [5, 5.41) is 0.531. The molecule has 4 nitrogen and oxygen atoms in total. The summed E-state index contributed by atoms with van der Waals surface area (Å²) in [6.07, 6.45) is 6.51. The Morgan fingerprint density at radius 3 is 3.00 bits per heavy atom. The largest absolute Gasteiger partial charge is 0.383 e. The Kier molecular flexibility index (Phi) is 3.15. The maximum Gasteiger partial charge on any atom is 0.205 e. The fourth-order valence-corrected chi connectivity index (χ4v) is 1.67. The third kappa shape index (κ3) is 2.31. The second-order valence-corrected chi connectivity index (χ2v) is 4.24. The fraction of sp³-hybridized carbons (Fsp3) is 0.167. The number of carbonyl (C=O) groups is 1. The minimum Gasteiger partial charge on any atom is -0.383 e. The van der Waals surface area contributed by atoms with Crippen LogP contribution in [0.15, 0.2) is 36.8 Å². The van der Waals surface area contributed by atoms with Crippen LogP contribution in [0.4, 0.5) is 0 Å². The molecule has 2 heterocycles. The van der Waals surface area contributed by atoms with E-state index in [1.54, 1.807) is 33.8 Å². The van der Waals surface area contributed by atoms with Crippen molar-refractivity contribution in [2.45, 2.75) is 0 Å². The topological polar surface area (TPSA) is 37.6 Å². The number of ketones is 1. The number of rotatable bonds is 3. The van der Waals surface area contributed by atoms with Crippen molar-refractivity contribution in [3.8, 4) is 0 Å². The van der Waals surface area contributed by atoms with E-state index in [1.807, 2.05) is 14.1 Å². The van der Waals surface area contributed by atoms with E-state index in [2.05, 4.69) is 4.98 Å². The summed E-state index contributed by atoms with van der Waals surface area (Å²) in [6, 6.07) is 3.53. The van der Waals surface area contributed by atoms with Crippen LogP contribution in [0.5, 0.6) is 0 Å². The number of halogens is 1. The molecule has 0 spiro atoms. The van der Waals surface area contributed by atoms with Crippen molar-refractivity contribution in [1.29, 1.82) is 0 Å². The van der Waals surface area contributed by atoms with E-state index in [1.165, 1.54) is 12.3 Å². The normalized spacial score (nSPS) is 11.2. The van der Waals surface area contributed by atoms with Crippen molar-refractivity contribution in [3.63, 3.8) is 0 Å². The van der Waals surface area contributed by atoms with Gasteiger partial charge in [0.2, 0.25) is 5.78 Å². The number of imidazole rings is 1. The van der Waals surface area contributed by atoms with Crippen molar-refractivity contribution in [2.24, 2.45) is 0 Å². The number of nitrogens with zero attached hydrogens (tertiary/aromatic N) is 3. The Morgan fingerprint density at radius 2 is 2.29 bits per heavy atom. The maximum atomic E-state index is 11.9. The maximum absolute atomic E-state index is 11.9. The molecule has 0 atom stereocenters. The Bertz CT molecular complexity index is 586. The summed E-state index contributed by atoms with van der Waals surface area (Å²) in [4.78, 5) is 17.8. The smallest absolute Gasteiger partial charge is 0.205 e. The van der Waals surface area contributed by atoms with Gasteiger partial charge in [-0.2, -0.15) is 0 Å². The second-order valence-electron chi connectivity index (χ2n) is 3.84. The number of carbonyl (C=O) groups excluding carboxylic acids is 1. The van der Waals surface area contributed by atoms with Crippen molar-refractivity contribution >= 4 is 23.0 Å². The van der Waals surface area contributed by atoms with Crippen molar-refractivity contribution in [2.75, 3.05) is 14.1 Å². The van der Waals surface area contributed by atoms with Crippen LogP contribution >= 0.6 is 11.6 Å². The number of aromatic nitrogens is 2. The minimum absolute atomic E-state index is 0.103. The van der Waals surface area contributed by atoms with E-state index in [0.29, 0.717) is 16.4 Å². The lowest BCUT2D eigenvalue weighted by atomic mass is 10.3. The molecule has 88 valence electrons. The van der Waals surface area contributed by atoms with Gasteiger partial charge in [-0.3, -0.25) is 9.20 Å². The third-order valence-corrected chi connectivity index (χ3v) is 2.56. The molecular weight excluding hydrogens is 238 g/mol. The Balaban J connectivity index is 2.43. The molecule has 0 unspecified atom stereocenters. The van der Waals surface area contributed by atoms with Crippen molar-refractivity contribution < 1.29 is 4.79 Å². The molecule has 0 bridgehead atoms. The molecule has 0 saturated carbocycles. The van der Waals surface area contributed by atoms with Crippen LogP contribution < -0.4 is 0 Å². The lowest BCUT2D eigenvalue weighted by Crippen LogP contribution is -2.04. The number of allylic oxidation sites excluding steroid dienone is 1. The van der Waals surface area contributed by atoms with Crippen molar-refractivity contribution in [1.82, 2.24) is 14.3 Å². The molecule has 2 aromatic heterocycles. The fourth-order valence-electron chi connectivity index (χ4n) is 1.46. The lowest BCUT2D eigenvalue weighted by molar-refractivity contribution is 0.104. The molecule has 0 aliphatic rings. The highest BCUT2D eigenvalue weighted by molar-refractivity contribution is 6.33. The first-order chi connectivity index (χ1) is 8.09. The van der Waals surface area contributed by atoms with E-state index in [-0.39, 0.29) is 5.78 Å². The molecule has 0 radical (unpaired) electrons. The molecule has 0 N–H and O–H groups in total. The van der Waals surface area contributed by atoms with Gasteiger partial charge in [-0.05, 0) is 12.1 Å². The molecular formula is C12H12ClN3O. The van der Waals surface area contributed by atoms with Gasteiger partial charge in [0.25, 0.3) is 0 Å². The highest BCUT2D eigenvalue weighted by atomic mass is 35.5. The second kappa shape index (κ2) is 4.59. The van der Waals surface area contributed by atoms with E-state index in [4.69, 9.17) is 11.6 Å². The molecule has 0 saturated heterocycles. The summed E-state index contributed by atoms with van der Waals surface area (Å²) >= 11 is 5.98. The number of fused-ring (bicyclic) bond motifs is 1. The standard InChI is InChI=1S/C12H12ClN3O/c1-15(2)7-5-11(17)10-8-14-12-9(13)4-3-6-16(10)12/h3-8H,1-2H3/b7-5+. The minimum atomic E-state index is -0.103. The first-order valence-corrected chi connectivity index (χ1v) is 5.48. The summed E-state index contributed by atoms with van der Waals surface area (Å²) in [5.74, 6) is -0.103. The van der Waals surface area contributed by atoms with Gasteiger partial charge in [-0.15, -0.1) is 0 Å². The Hall–Kier alpha value is -1.81. The zero-order valence-corrected chi connectivity index (χ0v) is 10.3. The van der Waals surface area contributed by atoms with Gasteiger partial charge in [0.15, 0.2) is 5.65 Å². The molecule has 2 aromatic rings. The quantitative estimate of drug-likeness (QED) is 0.619. The van der Waals surface area contributed by atoms with Gasteiger partial charge < -0.3 is 4.90 Å².